The molecule has 0 saturated carbocycles. The number of imidazole rings is 1. The van der Waals surface area contributed by atoms with Gasteiger partial charge in [0.1, 0.15) is 5.82 Å². The lowest BCUT2D eigenvalue weighted by molar-refractivity contribution is -0.121. The second-order valence-corrected chi connectivity index (χ2v) is 11.9. The Hall–Kier alpha value is -2.33. The van der Waals surface area contributed by atoms with Crippen LogP contribution in [0, 0.1) is 0 Å². The van der Waals surface area contributed by atoms with Crippen molar-refractivity contribution in [2.45, 2.75) is 136 Å². The van der Waals surface area contributed by atoms with Crippen LogP contribution in [0.2, 0.25) is 5.02 Å². The van der Waals surface area contributed by atoms with Crippen LogP contribution < -0.4 is 5.32 Å². The van der Waals surface area contributed by atoms with Crippen molar-refractivity contribution in [1.29, 1.82) is 0 Å². The van der Waals surface area contributed by atoms with Gasteiger partial charge in [-0.05, 0) is 43.2 Å². The highest BCUT2D eigenvalue weighted by Gasteiger charge is 2.18. The van der Waals surface area contributed by atoms with Crippen molar-refractivity contribution in [3.63, 3.8) is 0 Å². The minimum Gasteiger partial charge on any atom is -0.346 e. The van der Waals surface area contributed by atoms with Gasteiger partial charge in [-0.15, -0.1) is 0 Å². The number of carbonyl (C=O) groups excluding carboxylic acids is 1. The highest BCUT2D eigenvalue weighted by molar-refractivity contribution is 6.30. The maximum atomic E-state index is 12.7. The van der Waals surface area contributed by atoms with Crippen LogP contribution in [-0.2, 0) is 17.8 Å². The molecule has 0 bridgehead atoms. The van der Waals surface area contributed by atoms with Crippen LogP contribution in [0.3, 0.4) is 0 Å². The number of para-hydroxylation sites is 2. The monoisotopic (exact) mass is 565 g/mol. The van der Waals surface area contributed by atoms with E-state index in [4.69, 9.17) is 16.6 Å². The van der Waals surface area contributed by atoms with Crippen molar-refractivity contribution in [3.05, 3.63) is 64.9 Å². The molecule has 0 radical (unpaired) electrons. The highest BCUT2D eigenvalue weighted by atomic mass is 35.5. The Balaban J connectivity index is 1.33. The number of aromatic nitrogens is 2. The molecule has 0 spiro atoms. The molecule has 5 heteroatoms. The predicted molar refractivity (Wildman–Crippen MR) is 171 cm³/mol. The van der Waals surface area contributed by atoms with Gasteiger partial charge in [0.05, 0.1) is 23.5 Å². The quantitative estimate of drug-likeness (QED) is 0.131. The average Bonchev–Trinajstić information content (AvgIpc) is 3.33. The molecule has 1 aromatic heterocycles. The lowest BCUT2D eigenvalue weighted by atomic mass is 10.0. The van der Waals surface area contributed by atoms with E-state index in [1.807, 2.05) is 37.3 Å². The van der Waals surface area contributed by atoms with Gasteiger partial charge >= 0.3 is 0 Å². The largest absolute Gasteiger partial charge is 0.346 e. The predicted octanol–water partition coefficient (Wildman–Crippen LogP) is 10.4. The minimum atomic E-state index is -0.159. The van der Waals surface area contributed by atoms with E-state index in [0.29, 0.717) is 11.4 Å². The molecule has 3 rings (SSSR count). The first kappa shape index (κ1) is 32.2. The fourth-order valence-electron chi connectivity index (χ4n) is 5.62. The van der Waals surface area contributed by atoms with Gasteiger partial charge in [-0.1, -0.05) is 139 Å². The Morgan fingerprint density at radius 3 is 1.88 bits per heavy atom. The number of nitrogens with one attached hydrogen (secondary N) is 1. The Morgan fingerprint density at radius 2 is 1.30 bits per heavy atom. The van der Waals surface area contributed by atoms with E-state index < -0.39 is 0 Å². The zero-order valence-electron chi connectivity index (χ0n) is 25.1. The summed E-state index contributed by atoms with van der Waals surface area (Å²) in [5.74, 6) is 0.933. The Bertz CT molecular complexity index is 1110. The van der Waals surface area contributed by atoms with Crippen LogP contribution in [0.1, 0.15) is 134 Å². The van der Waals surface area contributed by atoms with Gasteiger partial charge in [-0.3, -0.25) is 4.79 Å². The summed E-state index contributed by atoms with van der Waals surface area (Å²) in [6.07, 6.45) is 22.3. The van der Waals surface area contributed by atoms with E-state index in [1.165, 1.54) is 96.3 Å². The molecule has 1 unspecified atom stereocenters. The Labute approximate surface area is 248 Å². The summed E-state index contributed by atoms with van der Waals surface area (Å²) in [6.45, 7) is 5.26. The van der Waals surface area contributed by atoms with E-state index in [9.17, 15) is 4.79 Å². The molecule has 3 aromatic rings. The van der Waals surface area contributed by atoms with Gasteiger partial charge in [0, 0.05) is 11.6 Å². The molecule has 2 aromatic carbocycles. The number of fused-ring (bicyclic) bond motifs is 1. The normalized spacial score (nSPS) is 12.2. The number of carbonyl (C=O) groups is 1. The van der Waals surface area contributed by atoms with E-state index in [-0.39, 0.29) is 11.9 Å². The van der Waals surface area contributed by atoms with Gasteiger partial charge in [-0.25, -0.2) is 4.98 Å². The third kappa shape index (κ3) is 11.6. The summed E-state index contributed by atoms with van der Waals surface area (Å²) in [5, 5.41) is 3.84. The van der Waals surface area contributed by atoms with Crippen molar-refractivity contribution < 1.29 is 4.79 Å². The first-order valence-corrected chi connectivity index (χ1v) is 16.4. The number of hydrogen-bond donors (Lipinski definition) is 1. The van der Waals surface area contributed by atoms with E-state index >= 15 is 0 Å². The summed E-state index contributed by atoms with van der Waals surface area (Å²) < 4.78 is 2.31. The zero-order chi connectivity index (χ0) is 28.4. The topological polar surface area (TPSA) is 46.9 Å². The third-order valence-electron chi connectivity index (χ3n) is 7.96. The minimum absolute atomic E-state index is 0.00385. The molecule has 0 fully saturated rings. The highest BCUT2D eigenvalue weighted by Crippen LogP contribution is 2.22. The second-order valence-electron chi connectivity index (χ2n) is 11.5. The molecule has 0 aliphatic rings. The Morgan fingerprint density at radius 1 is 0.775 bits per heavy atom. The fourth-order valence-corrected chi connectivity index (χ4v) is 5.75. The lowest BCUT2D eigenvalue weighted by Crippen LogP contribution is -2.30. The number of amides is 1. The molecule has 0 aliphatic carbocycles. The number of benzene rings is 2. The lowest BCUT2D eigenvalue weighted by Gasteiger charge is -2.16. The molecule has 40 heavy (non-hydrogen) atoms. The van der Waals surface area contributed by atoms with Crippen molar-refractivity contribution in [2.24, 2.45) is 0 Å². The molecule has 1 heterocycles. The number of unbranched alkanes of at least 4 members (excludes halogenated alkanes) is 15. The number of nitrogens with zero attached hydrogens (tertiary/aromatic N) is 2. The van der Waals surface area contributed by atoms with Gasteiger partial charge in [0.2, 0.25) is 5.91 Å². The summed E-state index contributed by atoms with van der Waals surface area (Å²) in [7, 11) is 0. The van der Waals surface area contributed by atoms with Crippen LogP contribution in [0.15, 0.2) is 48.5 Å². The third-order valence-corrected chi connectivity index (χ3v) is 8.21. The number of hydrogen-bond acceptors (Lipinski definition) is 2. The standard InChI is InChI=1S/C35H52ClN3O/c1-3-4-5-6-7-8-9-10-11-12-13-14-15-16-17-20-27-39-33-22-19-18-21-32(33)38-35(39)29(2)37-34(40)28-30-23-25-31(36)26-24-30/h18-19,21-26,29H,3-17,20,27-28H2,1-2H3,(H,37,40). The van der Waals surface area contributed by atoms with Gasteiger partial charge in [0.15, 0.2) is 0 Å². The van der Waals surface area contributed by atoms with Crippen LogP contribution in [0.4, 0.5) is 0 Å². The second kappa shape index (κ2) is 18.9. The maximum Gasteiger partial charge on any atom is 0.224 e. The van der Waals surface area contributed by atoms with E-state index in [2.05, 4.69) is 35.0 Å². The SMILES string of the molecule is CCCCCCCCCCCCCCCCCCn1c(C(C)NC(=O)Cc2ccc(Cl)cc2)nc2ccccc21. The first-order chi connectivity index (χ1) is 19.6. The number of halogens is 1. The molecular weight excluding hydrogens is 514 g/mol. The van der Waals surface area contributed by atoms with Crippen molar-refractivity contribution >= 4 is 28.5 Å². The van der Waals surface area contributed by atoms with Gasteiger partial charge in [0.25, 0.3) is 0 Å². The summed E-state index contributed by atoms with van der Waals surface area (Å²) in [6, 6.07) is 15.6. The molecule has 1 N–H and O–H groups in total. The van der Waals surface area contributed by atoms with E-state index in [0.717, 1.165) is 35.4 Å². The van der Waals surface area contributed by atoms with Gasteiger partial charge < -0.3 is 9.88 Å². The molecule has 1 atom stereocenters. The molecule has 0 aliphatic heterocycles. The summed E-state index contributed by atoms with van der Waals surface area (Å²) >= 11 is 5.98. The van der Waals surface area contributed by atoms with Crippen molar-refractivity contribution in [1.82, 2.24) is 14.9 Å². The smallest absolute Gasteiger partial charge is 0.224 e. The van der Waals surface area contributed by atoms with E-state index in [1.54, 1.807) is 0 Å². The van der Waals surface area contributed by atoms with Crippen LogP contribution in [0.25, 0.3) is 11.0 Å². The Kier molecular flexibility index (Phi) is 15.2. The summed E-state index contributed by atoms with van der Waals surface area (Å²) in [4.78, 5) is 17.7. The maximum absolute atomic E-state index is 12.7. The fraction of sp³-hybridized carbons (Fsp3) is 0.600. The number of rotatable bonds is 21. The van der Waals surface area contributed by atoms with Crippen molar-refractivity contribution in [2.75, 3.05) is 0 Å². The van der Waals surface area contributed by atoms with Crippen LogP contribution in [-0.4, -0.2) is 15.5 Å². The molecule has 0 saturated heterocycles. The van der Waals surface area contributed by atoms with Crippen molar-refractivity contribution in [3.8, 4) is 0 Å². The molecule has 220 valence electrons. The van der Waals surface area contributed by atoms with Crippen LogP contribution >= 0.6 is 11.6 Å². The average molecular weight is 566 g/mol. The molecule has 1 amide bonds. The first-order valence-electron chi connectivity index (χ1n) is 16.1. The number of aryl methyl sites for hydroxylation is 1. The summed E-state index contributed by atoms with van der Waals surface area (Å²) in [5.41, 5.74) is 3.10. The van der Waals surface area contributed by atoms with Crippen LogP contribution in [0.5, 0.6) is 0 Å². The molecule has 4 nitrogen and oxygen atoms in total. The van der Waals surface area contributed by atoms with Gasteiger partial charge in [-0.2, -0.15) is 0 Å². The zero-order valence-corrected chi connectivity index (χ0v) is 25.9. The molecular formula is C35H52ClN3O.